The van der Waals surface area contributed by atoms with Gasteiger partial charge in [-0.2, -0.15) is 11.8 Å². The van der Waals surface area contributed by atoms with E-state index in [0.29, 0.717) is 0 Å². The average molecular weight is 288 g/mol. The van der Waals surface area contributed by atoms with E-state index < -0.39 is 0 Å². The normalized spacial score (nSPS) is 12.2. The molecule has 0 aliphatic carbocycles. The van der Waals surface area contributed by atoms with Crippen molar-refractivity contribution in [1.29, 1.82) is 0 Å². The molecule has 82 valence electrons. The molecule has 15 heavy (non-hydrogen) atoms. The van der Waals surface area contributed by atoms with Crippen molar-refractivity contribution < 1.29 is 4.79 Å². The number of carbonyl (C=O) groups excluding carboxylic acids is 1. The summed E-state index contributed by atoms with van der Waals surface area (Å²) in [6.07, 6.45) is 2.04. The first-order valence-corrected chi connectivity index (χ1v) is 6.83. The molecule has 0 unspecified atom stereocenters. The number of hydrogen-bond donors (Lipinski definition) is 1. The third-order valence-corrected chi connectivity index (χ3v) is 3.18. The van der Waals surface area contributed by atoms with Gasteiger partial charge in [0.05, 0.1) is 6.04 Å². The third kappa shape index (κ3) is 4.26. The Balaban J connectivity index is 2.78. The molecule has 1 N–H and O–H groups in total. The van der Waals surface area contributed by atoms with Crippen LogP contribution in [0, 0.1) is 0 Å². The zero-order valence-corrected chi connectivity index (χ0v) is 11.2. The van der Waals surface area contributed by atoms with E-state index in [1.165, 1.54) is 0 Å². The molecule has 0 saturated carbocycles. The highest BCUT2D eigenvalue weighted by Gasteiger charge is 2.11. The summed E-state index contributed by atoms with van der Waals surface area (Å²) >= 11 is 5.12. The summed E-state index contributed by atoms with van der Waals surface area (Å²) in [4.78, 5) is 11.0. The van der Waals surface area contributed by atoms with Crippen molar-refractivity contribution in [2.24, 2.45) is 0 Å². The van der Waals surface area contributed by atoms with E-state index in [0.717, 1.165) is 15.8 Å². The molecule has 0 fully saturated rings. The lowest BCUT2D eigenvalue weighted by Gasteiger charge is -2.17. The lowest BCUT2D eigenvalue weighted by atomic mass is 10.1. The summed E-state index contributed by atoms with van der Waals surface area (Å²) in [6, 6.07) is 8.14. The van der Waals surface area contributed by atoms with E-state index in [1.807, 2.05) is 30.5 Å². The van der Waals surface area contributed by atoms with Crippen LogP contribution in [0.3, 0.4) is 0 Å². The monoisotopic (exact) mass is 287 g/mol. The molecule has 1 aromatic rings. The Kier molecular flexibility index (Phi) is 5.19. The fraction of sp³-hybridized carbons (Fsp3) is 0.364. The first-order chi connectivity index (χ1) is 7.13. The first-order valence-electron chi connectivity index (χ1n) is 4.65. The molecule has 1 amide bonds. The van der Waals surface area contributed by atoms with E-state index in [-0.39, 0.29) is 11.9 Å². The smallest absolute Gasteiger partial charge is 0.217 e. The maximum absolute atomic E-state index is 11.0. The Bertz CT molecular complexity index is 326. The predicted molar refractivity (Wildman–Crippen MR) is 69.1 cm³/mol. The second-order valence-corrected chi connectivity index (χ2v) is 5.09. The topological polar surface area (TPSA) is 29.1 Å². The lowest BCUT2D eigenvalue weighted by Crippen LogP contribution is -2.27. The van der Waals surface area contributed by atoms with E-state index in [4.69, 9.17) is 0 Å². The third-order valence-electron chi connectivity index (χ3n) is 1.98. The van der Waals surface area contributed by atoms with Gasteiger partial charge in [0.25, 0.3) is 0 Å². The number of hydrogen-bond acceptors (Lipinski definition) is 2. The molecule has 0 radical (unpaired) electrons. The largest absolute Gasteiger partial charge is 0.349 e. The Morgan fingerprint density at radius 2 is 2.07 bits per heavy atom. The molecule has 1 atom stereocenters. The van der Waals surface area contributed by atoms with Gasteiger partial charge < -0.3 is 5.32 Å². The number of amides is 1. The maximum atomic E-state index is 11.0. The Morgan fingerprint density at radius 1 is 1.47 bits per heavy atom. The van der Waals surface area contributed by atoms with Crippen LogP contribution in [0.25, 0.3) is 0 Å². The summed E-state index contributed by atoms with van der Waals surface area (Å²) < 4.78 is 1.05. The number of nitrogens with one attached hydrogen (secondary N) is 1. The van der Waals surface area contributed by atoms with Crippen LogP contribution in [-0.2, 0) is 4.79 Å². The van der Waals surface area contributed by atoms with Gasteiger partial charge in [0.1, 0.15) is 0 Å². The highest BCUT2D eigenvalue weighted by Crippen LogP contribution is 2.19. The van der Waals surface area contributed by atoms with Crippen LogP contribution in [0.2, 0.25) is 0 Å². The van der Waals surface area contributed by atoms with E-state index >= 15 is 0 Å². The quantitative estimate of drug-likeness (QED) is 0.923. The molecule has 0 aliphatic heterocycles. The SMILES string of the molecule is CSC[C@@H](NC(C)=O)c1ccc(Br)cc1. The van der Waals surface area contributed by atoms with Gasteiger partial charge in [-0.3, -0.25) is 4.79 Å². The van der Waals surface area contributed by atoms with Crippen molar-refractivity contribution in [3.05, 3.63) is 34.3 Å². The maximum Gasteiger partial charge on any atom is 0.217 e. The molecule has 0 aromatic heterocycles. The molecule has 0 aliphatic rings. The number of thioether (sulfide) groups is 1. The van der Waals surface area contributed by atoms with Gasteiger partial charge in [0.15, 0.2) is 0 Å². The fourth-order valence-corrected chi connectivity index (χ4v) is 2.20. The molecule has 4 heteroatoms. The van der Waals surface area contributed by atoms with Crippen LogP contribution < -0.4 is 5.32 Å². The standard InChI is InChI=1S/C11H14BrNOS/c1-8(14)13-11(7-15-2)9-3-5-10(12)6-4-9/h3-6,11H,7H2,1-2H3,(H,13,14)/t11-/m1/s1. The minimum Gasteiger partial charge on any atom is -0.349 e. The van der Waals surface area contributed by atoms with Crippen molar-refractivity contribution in [2.75, 3.05) is 12.0 Å². The minimum atomic E-state index is 0.0111. The first kappa shape index (κ1) is 12.6. The van der Waals surface area contributed by atoms with Crippen molar-refractivity contribution in [1.82, 2.24) is 5.32 Å². The highest BCUT2D eigenvalue weighted by atomic mass is 79.9. The number of benzene rings is 1. The summed E-state index contributed by atoms with van der Waals surface area (Å²) in [6.45, 7) is 1.55. The minimum absolute atomic E-state index is 0.0111. The zero-order chi connectivity index (χ0) is 11.3. The molecule has 0 spiro atoms. The van der Waals surface area contributed by atoms with Gasteiger partial charge in [-0.25, -0.2) is 0 Å². The number of carbonyl (C=O) groups is 1. The van der Waals surface area contributed by atoms with Crippen molar-refractivity contribution in [3.63, 3.8) is 0 Å². The predicted octanol–water partition coefficient (Wildman–Crippen LogP) is 2.99. The van der Waals surface area contributed by atoms with Crippen molar-refractivity contribution in [3.8, 4) is 0 Å². The van der Waals surface area contributed by atoms with Gasteiger partial charge in [-0.15, -0.1) is 0 Å². The molecule has 0 heterocycles. The van der Waals surface area contributed by atoms with Crippen LogP contribution in [0.4, 0.5) is 0 Å². The lowest BCUT2D eigenvalue weighted by molar-refractivity contribution is -0.119. The second-order valence-electron chi connectivity index (χ2n) is 3.26. The summed E-state index contributed by atoms with van der Waals surface area (Å²) in [5, 5.41) is 2.94. The fourth-order valence-electron chi connectivity index (χ4n) is 1.33. The van der Waals surface area contributed by atoms with Gasteiger partial charge in [0, 0.05) is 17.1 Å². The Morgan fingerprint density at radius 3 is 2.53 bits per heavy atom. The zero-order valence-electron chi connectivity index (χ0n) is 8.79. The van der Waals surface area contributed by atoms with Crippen LogP contribution in [0.1, 0.15) is 18.5 Å². The second kappa shape index (κ2) is 6.18. The van der Waals surface area contributed by atoms with Crippen molar-refractivity contribution in [2.45, 2.75) is 13.0 Å². The number of rotatable bonds is 4. The number of halogens is 1. The average Bonchev–Trinajstić information content (AvgIpc) is 2.17. The van der Waals surface area contributed by atoms with Gasteiger partial charge in [0.2, 0.25) is 5.91 Å². The summed E-state index contributed by atoms with van der Waals surface area (Å²) in [7, 11) is 0. The van der Waals surface area contributed by atoms with Gasteiger partial charge in [-0.05, 0) is 24.0 Å². The molecule has 0 bridgehead atoms. The molecule has 0 saturated heterocycles. The van der Waals surface area contributed by atoms with E-state index in [1.54, 1.807) is 18.7 Å². The molecule has 2 nitrogen and oxygen atoms in total. The summed E-state index contributed by atoms with van der Waals surface area (Å²) in [5.74, 6) is 0.901. The molecular weight excluding hydrogens is 274 g/mol. The van der Waals surface area contributed by atoms with Crippen LogP contribution in [0.15, 0.2) is 28.7 Å². The van der Waals surface area contributed by atoms with E-state index in [9.17, 15) is 4.79 Å². The molecular formula is C11H14BrNOS. The Hall–Kier alpha value is -0.480. The van der Waals surface area contributed by atoms with Crippen molar-refractivity contribution >= 4 is 33.6 Å². The van der Waals surface area contributed by atoms with Crippen LogP contribution >= 0.6 is 27.7 Å². The van der Waals surface area contributed by atoms with Crippen LogP contribution in [-0.4, -0.2) is 17.9 Å². The molecule has 1 rings (SSSR count). The van der Waals surface area contributed by atoms with Gasteiger partial charge >= 0.3 is 0 Å². The van der Waals surface area contributed by atoms with Gasteiger partial charge in [-0.1, -0.05) is 28.1 Å². The van der Waals surface area contributed by atoms with Crippen LogP contribution in [0.5, 0.6) is 0 Å². The highest BCUT2D eigenvalue weighted by molar-refractivity contribution is 9.10. The molecule has 1 aromatic carbocycles. The summed E-state index contributed by atoms with van der Waals surface area (Å²) in [5.41, 5.74) is 1.14. The Labute approximate surface area is 103 Å². The van der Waals surface area contributed by atoms with E-state index in [2.05, 4.69) is 21.2 Å².